The Hall–Kier alpha value is -0.960. The van der Waals surface area contributed by atoms with Crippen molar-refractivity contribution < 1.29 is 4.79 Å². The molecular weight excluding hydrogens is 218 g/mol. The lowest BCUT2D eigenvalue weighted by Crippen LogP contribution is -2.24. The third-order valence-electron chi connectivity index (χ3n) is 3.04. The molecule has 0 spiro atoms. The van der Waals surface area contributed by atoms with Gasteiger partial charge in [-0.3, -0.25) is 4.79 Å². The van der Waals surface area contributed by atoms with E-state index in [0.717, 1.165) is 6.42 Å². The molecule has 86 valence electrons. The monoisotopic (exact) mass is 235 g/mol. The minimum atomic E-state index is -0.215. The first-order valence-electron chi connectivity index (χ1n) is 5.78. The summed E-state index contributed by atoms with van der Waals surface area (Å²) in [6, 6.07) is 6.53. The maximum absolute atomic E-state index is 11.2. The van der Waals surface area contributed by atoms with E-state index in [1.54, 1.807) is 11.8 Å². The minimum Gasteiger partial charge on any atom is -0.369 e. The van der Waals surface area contributed by atoms with Crippen molar-refractivity contribution in [1.29, 1.82) is 0 Å². The summed E-state index contributed by atoms with van der Waals surface area (Å²) in [4.78, 5) is 12.3. The molecule has 1 atom stereocenters. The van der Waals surface area contributed by atoms with Gasteiger partial charge in [0.05, 0.1) is 5.25 Å². The van der Waals surface area contributed by atoms with Crippen molar-refractivity contribution in [1.82, 2.24) is 0 Å². The highest BCUT2D eigenvalue weighted by molar-refractivity contribution is 8.00. The number of amides is 1. The highest BCUT2D eigenvalue weighted by Crippen LogP contribution is 2.30. The van der Waals surface area contributed by atoms with Gasteiger partial charge in [0.25, 0.3) is 0 Å². The van der Waals surface area contributed by atoms with Gasteiger partial charge in [-0.15, -0.1) is 11.8 Å². The Balaban J connectivity index is 2.13. The summed E-state index contributed by atoms with van der Waals surface area (Å²) >= 11 is 1.59. The van der Waals surface area contributed by atoms with Crippen molar-refractivity contribution in [2.24, 2.45) is 5.73 Å². The molecule has 2 rings (SSSR count). The molecule has 1 aliphatic rings. The van der Waals surface area contributed by atoms with Crippen LogP contribution in [0.1, 0.15) is 30.9 Å². The maximum Gasteiger partial charge on any atom is 0.230 e. The Kier molecular flexibility index (Phi) is 3.54. The average Bonchev–Trinajstić information content (AvgIpc) is 2.72. The number of rotatable bonds is 4. The van der Waals surface area contributed by atoms with Crippen LogP contribution in [0.5, 0.6) is 0 Å². The Morgan fingerprint density at radius 3 is 2.88 bits per heavy atom. The number of nitrogens with two attached hydrogens (primary N) is 1. The molecule has 0 saturated carbocycles. The van der Waals surface area contributed by atoms with E-state index in [1.807, 2.05) is 6.92 Å². The Morgan fingerprint density at radius 1 is 1.44 bits per heavy atom. The van der Waals surface area contributed by atoms with Crippen LogP contribution in [0, 0.1) is 0 Å². The molecule has 2 nitrogen and oxygen atoms in total. The number of benzene rings is 1. The van der Waals surface area contributed by atoms with Gasteiger partial charge in [-0.1, -0.05) is 13.0 Å². The van der Waals surface area contributed by atoms with Gasteiger partial charge in [0.15, 0.2) is 0 Å². The number of fused-ring (bicyclic) bond motifs is 1. The highest BCUT2D eigenvalue weighted by Gasteiger charge is 2.16. The molecule has 1 aliphatic carbocycles. The van der Waals surface area contributed by atoms with Crippen LogP contribution < -0.4 is 5.73 Å². The second-order valence-electron chi connectivity index (χ2n) is 4.20. The van der Waals surface area contributed by atoms with Crippen molar-refractivity contribution >= 4 is 17.7 Å². The number of primary amides is 1. The van der Waals surface area contributed by atoms with Gasteiger partial charge >= 0.3 is 0 Å². The van der Waals surface area contributed by atoms with Crippen LogP contribution in [0.2, 0.25) is 0 Å². The van der Waals surface area contributed by atoms with E-state index >= 15 is 0 Å². The molecule has 1 unspecified atom stereocenters. The number of aryl methyl sites for hydroxylation is 2. The molecule has 0 aromatic heterocycles. The van der Waals surface area contributed by atoms with Gasteiger partial charge in [0, 0.05) is 4.90 Å². The molecule has 0 fully saturated rings. The fourth-order valence-corrected chi connectivity index (χ4v) is 3.10. The number of hydrogen-bond donors (Lipinski definition) is 1. The molecular formula is C13H17NOS. The second kappa shape index (κ2) is 4.91. The Labute approximate surface area is 101 Å². The minimum absolute atomic E-state index is 0.0977. The molecule has 0 radical (unpaired) electrons. The highest BCUT2D eigenvalue weighted by atomic mass is 32.2. The fraction of sp³-hybridized carbons (Fsp3) is 0.462. The van der Waals surface area contributed by atoms with Gasteiger partial charge < -0.3 is 5.73 Å². The van der Waals surface area contributed by atoms with E-state index in [4.69, 9.17) is 5.73 Å². The predicted octanol–water partition coefficient (Wildman–Crippen LogP) is 2.53. The summed E-state index contributed by atoms with van der Waals surface area (Å²) in [5.74, 6) is -0.215. The lowest BCUT2D eigenvalue weighted by atomic mass is 10.1. The lowest BCUT2D eigenvalue weighted by molar-refractivity contribution is -0.117. The van der Waals surface area contributed by atoms with E-state index in [1.165, 1.54) is 35.3 Å². The van der Waals surface area contributed by atoms with E-state index in [9.17, 15) is 4.79 Å². The first kappa shape index (κ1) is 11.5. The third kappa shape index (κ3) is 2.40. The zero-order valence-corrected chi connectivity index (χ0v) is 10.3. The van der Waals surface area contributed by atoms with Crippen LogP contribution in [-0.2, 0) is 17.6 Å². The predicted molar refractivity (Wildman–Crippen MR) is 67.6 cm³/mol. The number of hydrogen-bond acceptors (Lipinski definition) is 2. The van der Waals surface area contributed by atoms with Crippen molar-refractivity contribution in [3.63, 3.8) is 0 Å². The second-order valence-corrected chi connectivity index (χ2v) is 5.48. The molecule has 3 heteroatoms. The van der Waals surface area contributed by atoms with Crippen LogP contribution in [0.4, 0.5) is 0 Å². The smallest absolute Gasteiger partial charge is 0.230 e. The molecule has 0 bridgehead atoms. The summed E-state index contributed by atoms with van der Waals surface area (Å²) < 4.78 is 0. The van der Waals surface area contributed by atoms with E-state index in [2.05, 4.69) is 18.2 Å². The van der Waals surface area contributed by atoms with Gasteiger partial charge in [-0.05, 0) is 48.9 Å². The lowest BCUT2D eigenvalue weighted by Gasteiger charge is -2.11. The van der Waals surface area contributed by atoms with Crippen molar-refractivity contribution in [3.05, 3.63) is 29.3 Å². The molecule has 0 aliphatic heterocycles. The quantitative estimate of drug-likeness (QED) is 0.815. The molecule has 1 aromatic rings. The van der Waals surface area contributed by atoms with Crippen molar-refractivity contribution in [2.75, 3.05) is 0 Å². The topological polar surface area (TPSA) is 43.1 Å². The summed E-state index contributed by atoms with van der Waals surface area (Å²) in [5.41, 5.74) is 8.27. The van der Waals surface area contributed by atoms with Crippen molar-refractivity contribution in [2.45, 2.75) is 42.8 Å². The third-order valence-corrected chi connectivity index (χ3v) is 4.41. The van der Waals surface area contributed by atoms with Crippen LogP contribution in [0.25, 0.3) is 0 Å². The first-order chi connectivity index (χ1) is 7.70. The maximum atomic E-state index is 11.2. The standard InChI is InChI=1S/C13H17NOS/c1-2-12(13(14)15)16-11-7-6-9-4-3-5-10(9)8-11/h6-8,12H,2-5H2,1H3,(H2,14,15). The van der Waals surface area contributed by atoms with Crippen molar-refractivity contribution in [3.8, 4) is 0 Å². The molecule has 1 amide bonds. The molecule has 0 saturated heterocycles. The summed E-state index contributed by atoms with van der Waals surface area (Å²) in [6.45, 7) is 2.00. The van der Waals surface area contributed by atoms with E-state index < -0.39 is 0 Å². The van der Waals surface area contributed by atoms with Crippen LogP contribution >= 0.6 is 11.8 Å². The largest absolute Gasteiger partial charge is 0.369 e. The zero-order chi connectivity index (χ0) is 11.5. The number of carbonyl (C=O) groups is 1. The van der Waals surface area contributed by atoms with E-state index in [0.29, 0.717) is 0 Å². The van der Waals surface area contributed by atoms with Crippen LogP contribution in [0.3, 0.4) is 0 Å². The summed E-state index contributed by atoms with van der Waals surface area (Å²) in [7, 11) is 0. The van der Waals surface area contributed by atoms with Gasteiger partial charge in [0.2, 0.25) is 5.91 Å². The SMILES string of the molecule is CCC(Sc1ccc2c(c1)CCC2)C(N)=O. The average molecular weight is 235 g/mol. The van der Waals surface area contributed by atoms with Gasteiger partial charge in [0.1, 0.15) is 0 Å². The fourth-order valence-electron chi connectivity index (χ4n) is 2.13. The normalized spacial score (nSPS) is 15.8. The van der Waals surface area contributed by atoms with Gasteiger partial charge in [-0.25, -0.2) is 0 Å². The number of carbonyl (C=O) groups excluding carboxylic acids is 1. The Morgan fingerprint density at radius 2 is 2.19 bits per heavy atom. The number of thioether (sulfide) groups is 1. The first-order valence-corrected chi connectivity index (χ1v) is 6.66. The molecule has 0 heterocycles. The molecule has 2 N–H and O–H groups in total. The van der Waals surface area contributed by atoms with Gasteiger partial charge in [-0.2, -0.15) is 0 Å². The van der Waals surface area contributed by atoms with Crippen LogP contribution in [-0.4, -0.2) is 11.2 Å². The summed E-state index contributed by atoms with van der Waals surface area (Å²) in [6.07, 6.45) is 4.43. The molecule has 16 heavy (non-hydrogen) atoms. The van der Waals surface area contributed by atoms with Crippen LogP contribution in [0.15, 0.2) is 23.1 Å². The Bertz CT molecular complexity index is 403. The zero-order valence-electron chi connectivity index (χ0n) is 9.53. The molecule has 1 aromatic carbocycles. The van der Waals surface area contributed by atoms with E-state index in [-0.39, 0.29) is 11.2 Å². The summed E-state index contributed by atoms with van der Waals surface area (Å²) in [5, 5.41) is -0.0977.